The Morgan fingerprint density at radius 2 is 1.24 bits per heavy atom. The van der Waals surface area contributed by atoms with Crippen molar-refractivity contribution >= 4 is 47.3 Å². The molecule has 89 heavy (non-hydrogen) atoms. The molecule has 1 heterocycles. The van der Waals surface area contributed by atoms with Crippen LogP contribution in [-0.2, 0) is 81.6 Å². The molecule has 0 bridgehead atoms. The number of ether oxygens (including phenoxy) is 5. The Labute approximate surface area is 529 Å². The van der Waals surface area contributed by atoms with Crippen LogP contribution in [-0.4, -0.2) is 197 Å². The van der Waals surface area contributed by atoms with Gasteiger partial charge in [0.05, 0.1) is 70.2 Å². The summed E-state index contributed by atoms with van der Waals surface area (Å²) in [6, 6.07) is 25.2. The second-order valence-corrected chi connectivity index (χ2v) is 24.1. The Balaban J connectivity index is 1.24. The van der Waals surface area contributed by atoms with Crippen LogP contribution in [0.5, 0.6) is 0 Å². The van der Waals surface area contributed by atoms with Crippen LogP contribution in [0.15, 0.2) is 91.0 Å². The largest absolute Gasteiger partial charge is 0.467 e. The van der Waals surface area contributed by atoms with Crippen LogP contribution in [0.25, 0.3) is 0 Å². The molecular formula is C68H104N8O13. The first-order chi connectivity index (χ1) is 42.6. The molecule has 0 radical (unpaired) electrons. The second-order valence-electron chi connectivity index (χ2n) is 24.1. The summed E-state index contributed by atoms with van der Waals surface area (Å²) in [6.45, 7) is 18.9. The predicted octanol–water partition coefficient (Wildman–Crippen LogP) is 5.96. The van der Waals surface area contributed by atoms with E-state index in [1.54, 1.807) is 37.7 Å². The topological polar surface area (TPSA) is 244 Å². The number of esters is 1. The van der Waals surface area contributed by atoms with E-state index < -0.39 is 78.1 Å². The molecule has 21 heteroatoms. The van der Waals surface area contributed by atoms with Crippen molar-refractivity contribution in [3.05, 3.63) is 108 Å². The highest BCUT2D eigenvalue weighted by Gasteiger charge is 2.44. The molecule has 0 spiro atoms. The fourth-order valence-electron chi connectivity index (χ4n) is 11.6. The summed E-state index contributed by atoms with van der Waals surface area (Å²) in [5.74, 6) is -4.84. The minimum atomic E-state index is -1.00. The standard InChI is InChI=1S/C68H104N8O13/c1-14-48(6)62(56(85-11)43-59(79)76-36-25-32-55(76)63(86-12)49(7)64(80)71-54(68(84)87-13)42-51-26-18-15-19-27-51)74(10)67(83)60(46(2)3)72-66(82)61(47(4)5)73(9)58(78)33-24-35-69-65(81)50(8)70-57(77)34-38-88-40-41-89-39-37-75(44-52-28-20-16-21-29-52)45-53-30-22-17-23-31-53/h15-23,26-31,46-50,54-56,60-63H,14,24-25,32-45H2,1-13H3,(H,69,81)(H,70,77)(H,71,80)(H,72,82)/t48-,49+,50?,54?,55-,56+,60-,61-,62-,63+/m0/s1. The van der Waals surface area contributed by atoms with Gasteiger partial charge in [0, 0.05) is 80.3 Å². The Morgan fingerprint density at radius 3 is 1.78 bits per heavy atom. The van der Waals surface area contributed by atoms with Gasteiger partial charge in [0.1, 0.15) is 24.2 Å². The lowest BCUT2D eigenvalue weighted by Gasteiger charge is -2.41. The van der Waals surface area contributed by atoms with Crippen molar-refractivity contribution in [3.8, 4) is 0 Å². The van der Waals surface area contributed by atoms with Crippen LogP contribution in [0.3, 0.4) is 0 Å². The van der Waals surface area contributed by atoms with Crippen LogP contribution in [0.4, 0.5) is 0 Å². The number of amides is 7. The lowest BCUT2D eigenvalue weighted by molar-refractivity contribution is -0.149. The van der Waals surface area contributed by atoms with Crippen molar-refractivity contribution in [2.24, 2.45) is 23.7 Å². The van der Waals surface area contributed by atoms with Gasteiger partial charge in [-0.3, -0.25) is 38.5 Å². The molecule has 2 unspecified atom stereocenters. The van der Waals surface area contributed by atoms with Gasteiger partial charge in [-0.2, -0.15) is 0 Å². The summed E-state index contributed by atoms with van der Waals surface area (Å²) in [7, 11) is 7.49. The van der Waals surface area contributed by atoms with E-state index in [4.69, 9.17) is 23.7 Å². The number of likely N-dealkylation sites (N-methyl/N-ethyl adjacent to an activating group) is 2. The molecule has 494 valence electrons. The van der Waals surface area contributed by atoms with Gasteiger partial charge < -0.3 is 59.7 Å². The van der Waals surface area contributed by atoms with Crippen LogP contribution >= 0.6 is 0 Å². The Bertz CT molecular complexity index is 2590. The van der Waals surface area contributed by atoms with Gasteiger partial charge in [0.2, 0.25) is 41.4 Å². The maximum Gasteiger partial charge on any atom is 0.328 e. The average molecular weight is 1240 g/mol. The van der Waals surface area contributed by atoms with Crippen molar-refractivity contribution in [2.45, 2.75) is 168 Å². The summed E-state index contributed by atoms with van der Waals surface area (Å²) in [6.07, 6.45) is 0.905. The fraction of sp³-hybridized carbons (Fsp3) is 0.618. The molecule has 4 N–H and O–H groups in total. The SMILES string of the molecule is CC[C@H](C)[C@@H]([C@@H](CC(=O)N1CCC[C@H]1[C@H](OC)[C@@H](C)C(=O)NC(Cc1ccccc1)C(=O)OC)OC)N(C)C(=O)[C@@H](NC(=O)[C@H](C(C)C)N(C)C(=O)CCCNC(=O)C(C)NC(=O)CCOCCOCCN(Cc1ccccc1)Cc1ccccc1)C(C)C. The van der Waals surface area contributed by atoms with E-state index in [9.17, 15) is 38.4 Å². The number of nitrogens with zero attached hydrogens (tertiary/aromatic N) is 4. The molecule has 0 aromatic heterocycles. The van der Waals surface area contributed by atoms with Gasteiger partial charge in [-0.1, -0.05) is 146 Å². The van der Waals surface area contributed by atoms with Gasteiger partial charge in [-0.05, 0) is 60.6 Å². The first-order valence-electron chi connectivity index (χ1n) is 31.7. The number of benzene rings is 3. The number of hydrogen-bond donors (Lipinski definition) is 4. The summed E-state index contributed by atoms with van der Waals surface area (Å²) in [4.78, 5) is 117. The van der Waals surface area contributed by atoms with E-state index in [0.717, 1.165) is 25.2 Å². The monoisotopic (exact) mass is 1240 g/mol. The molecular weight excluding hydrogens is 1140 g/mol. The first kappa shape index (κ1) is 74.7. The van der Waals surface area contributed by atoms with Gasteiger partial charge in [-0.25, -0.2) is 4.79 Å². The molecule has 21 nitrogen and oxygen atoms in total. The third-order valence-corrected chi connectivity index (χ3v) is 16.8. The smallest absolute Gasteiger partial charge is 0.328 e. The molecule has 1 aliphatic rings. The Kier molecular flexibility index (Phi) is 33.0. The zero-order valence-corrected chi connectivity index (χ0v) is 55.2. The number of rotatable bonds is 40. The van der Waals surface area contributed by atoms with E-state index in [0.29, 0.717) is 45.6 Å². The van der Waals surface area contributed by atoms with Crippen molar-refractivity contribution in [1.82, 2.24) is 40.9 Å². The average Bonchev–Trinajstić information content (AvgIpc) is 2.23. The first-order valence-corrected chi connectivity index (χ1v) is 31.7. The molecule has 1 aliphatic heterocycles. The zero-order valence-electron chi connectivity index (χ0n) is 55.2. The molecule has 10 atom stereocenters. The second kappa shape index (κ2) is 39.4. The maximum absolute atomic E-state index is 14.8. The summed E-state index contributed by atoms with van der Waals surface area (Å²) in [5, 5.41) is 11.3. The van der Waals surface area contributed by atoms with E-state index in [1.165, 1.54) is 37.4 Å². The highest BCUT2D eigenvalue weighted by Crippen LogP contribution is 2.30. The number of hydrogen-bond acceptors (Lipinski definition) is 14. The molecule has 3 aromatic rings. The summed E-state index contributed by atoms with van der Waals surface area (Å²) >= 11 is 0. The van der Waals surface area contributed by atoms with E-state index in [-0.39, 0.29) is 86.6 Å². The normalized spacial score (nSPS) is 16.3. The van der Waals surface area contributed by atoms with Crippen molar-refractivity contribution in [3.63, 3.8) is 0 Å². The van der Waals surface area contributed by atoms with Crippen LogP contribution in [0.2, 0.25) is 0 Å². The molecule has 0 aliphatic carbocycles. The zero-order chi connectivity index (χ0) is 65.6. The molecule has 3 aromatic carbocycles. The fourth-order valence-corrected chi connectivity index (χ4v) is 11.6. The van der Waals surface area contributed by atoms with Crippen molar-refractivity contribution in [2.75, 3.05) is 81.5 Å². The van der Waals surface area contributed by atoms with Gasteiger partial charge >= 0.3 is 5.97 Å². The third-order valence-electron chi connectivity index (χ3n) is 16.8. The molecule has 7 amide bonds. The summed E-state index contributed by atoms with van der Waals surface area (Å²) in [5.41, 5.74) is 3.30. The van der Waals surface area contributed by atoms with Gasteiger partial charge in [0.25, 0.3) is 0 Å². The highest BCUT2D eigenvalue weighted by molar-refractivity contribution is 5.93. The summed E-state index contributed by atoms with van der Waals surface area (Å²) < 4.78 is 28.6. The Morgan fingerprint density at radius 1 is 0.652 bits per heavy atom. The van der Waals surface area contributed by atoms with E-state index >= 15 is 0 Å². The predicted molar refractivity (Wildman–Crippen MR) is 341 cm³/mol. The Hall–Kier alpha value is -6.78. The van der Waals surface area contributed by atoms with Crippen LogP contribution in [0, 0.1) is 23.7 Å². The number of carbonyl (C=O) groups is 8. The number of nitrogens with one attached hydrogen (secondary N) is 4. The van der Waals surface area contributed by atoms with E-state index in [1.807, 2.05) is 108 Å². The van der Waals surface area contributed by atoms with Gasteiger partial charge in [-0.15, -0.1) is 0 Å². The highest BCUT2D eigenvalue weighted by atomic mass is 16.5. The van der Waals surface area contributed by atoms with Gasteiger partial charge in [0.15, 0.2) is 0 Å². The lowest BCUT2D eigenvalue weighted by Crippen LogP contribution is -2.60. The minimum absolute atomic E-state index is 0.0169. The lowest BCUT2D eigenvalue weighted by atomic mass is 9.89. The third kappa shape index (κ3) is 24.2. The molecule has 1 fully saturated rings. The minimum Gasteiger partial charge on any atom is -0.467 e. The van der Waals surface area contributed by atoms with Crippen LogP contribution in [0.1, 0.15) is 117 Å². The van der Waals surface area contributed by atoms with Crippen molar-refractivity contribution in [1.29, 1.82) is 0 Å². The number of methoxy groups -OCH3 is 3. The van der Waals surface area contributed by atoms with E-state index in [2.05, 4.69) is 50.4 Å². The molecule has 1 saturated heterocycles. The molecule has 0 saturated carbocycles. The van der Waals surface area contributed by atoms with Crippen LogP contribution < -0.4 is 21.3 Å². The number of likely N-dealkylation sites (tertiary alicyclic amines) is 1. The van der Waals surface area contributed by atoms with Crippen molar-refractivity contribution < 1.29 is 62.0 Å². The quantitative estimate of drug-likeness (QED) is 0.0380. The number of carbonyl (C=O) groups excluding carboxylic acids is 8. The molecule has 4 rings (SSSR count). The maximum atomic E-state index is 14.8.